The Kier molecular flexibility index (Phi) is 4.77. The van der Waals surface area contributed by atoms with Gasteiger partial charge in [0.2, 0.25) is 0 Å². The highest BCUT2D eigenvalue weighted by Gasteiger charge is 2.42. The van der Waals surface area contributed by atoms with Crippen molar-refractivity contribution in [2.24, 2.45) is 0 Å². The Bertz CT molecular complexity index is 732. The van der Waals surface area contributed by atoms with Crippen molar-refractivity contribution in [1.82, 2.24) is 14.8 Å². The van der Waals surface area contributed by atoms with Crippen LogP contribution >= 0.6 is 11.6 Å². The number of anilines is 1. The van der Waals surface area contributed by atoms with Crippen molar-refractivity contribution in [3.05, 3.63) is 35.6 Å². The molecular formula is C15H15ClF2N4O2. The Labute approximate surface area is 141 Å². The lowest BCUT2D eigenvalue weighted by Gasteiger charge is -2.18. The van der Waals surface area contributed by atoms with Crippen LogP contribution < -0.4 is 5.32 Å². The van der Waals surface area contributed by atoms with E-state index < -0.39 is 24.4 Å². The first-order valence-electron chi connectivity index (χ1n) is 7.43. The van der Waals surface area contributed by atoms with Crippen molar-refractivity contribution in [1.29, 1.82) is 0 Å². The molecule has 6 nitrogen and oxygen atoms in total. The lowest BCUT2D eigenvalue weighted by molar-refractivity contribution is -0.144. The molecule has 1 N–H and O–H groups in total. The van der Waals surface area contributed by atoms with Crippen molar-refractivity contribution >= 4 is 23.3 Å². The zero-order chi connectivity index (χ0) is 17.2. The van der Waals surface area contributed by atoms with Gasteiger partial charge in [-0.3, -0.25) is 4.79 Å². The highest BCUT2D eigenvalue weighted by molar-refractivity contribution is 6.32. The van der Waals surface area contributed by atoms with Crippen LogP contribution in [-0.4, -0.2) is 39.3 Å². The minimum atomic E-state index is -3.53. The first kappa shape index (κ1) is 16.8. The van der Waals surface area contributed by atoms with Crippen molar-refractivity contribution in [3.8, 4) is 5.82 Å². The number of halogens is 3. The number of nitrogens with one attached hydrogen (secondary N) is 1. The molecule has 0 aliphatic carbocycles. The number of ether oxygens (including phenoxy) is 1. The van der Waals surface area contributed by atoms with E-state index in [0.29, 0.717) is 23.9 Å². The molecule has 0 saturated carbocycles. The molecule has 1 fully saturated rings. The lowest BCUT2D eigenvalue weighted by atomic mass is 10.1. The lowest BCUT2D eigenvalue weighted by Crippen LogP contribution is -2.37. The molecule has 0 spiro atoms. The van der Waals surface area contributed by atoms with E-state index in [1.807, 2.05) is 0 Å². The maximum absolute atomic E-state index is 14.0. The number of carbonyl (C=O) groups excluding carboxylic acids is 1. The number of hydrogen-bond donors (Lipinski definition) is 1. The van der Waals surface area contributed by atoms with Crippen LogP contribution in [-0.2, 0) is 9.53 Å². The third-order valence-corrected chi connectivity index (χ3v) is 3.92. The van der Waals surface area contributed by atoms with Gasteiger partial charge >= 0.3 is 5.92 Å². The monoisotopic (exact) mass is 356 g/mol. The predicted octanol–water partition coefficient (Wildman–Crippen LogP) is 3.06. The van der Waals surface area contributed by atoms with Crippen LogP contribution in [0.25, 0.3) is 5.82 Å². The van der Waals surface area contributed by atoms with E-state index >= 15 is 0 Å². The smallest absolute Gasteiger partial charge is 0.327 e. The Morgan fingerprint density at radius 1 is 1.50 bits per heavy atom. The van der Waals surface area contributed by atoms with E-state index in [1.165, 1.54) is 23.1 Å². The summed E-state index contributed by atoms with van der Waals surface area (Å²) in [6.07, 6.45) is 3.05. The van der Waals surface area contributed by atoms with Crippen LogP contribution in [0.15, 0.2) is 30.6 Å². The minimum Gasteiger partial charge on any atom is -0.378 e. The molecule has 0 aromatic carbocycles. The molecule has 0 radical (unpaired) electrons. The van der Waals surface area contributed by atoms with Crippen LogP contribution in [0.4, 0.5) is 14.6 Å². The number of amides is 1. The SMILES string of the molecule is O=C(Nc1ccn(-c2ncccc2Cl)n1)C(F)(F)CC1CCCO1. The largest absolute Gasteiger partial charge is 0.378 e. The zero-order valence-electron chi connectivity index (χ0n) is 12.6. The molecule has 1 saturated heterocycles. The van der Waals surface area contributed by atoms with E-state index in [1.54, 1.807) is 12.1 Å². The number of hydrogen-bond acceptors (Lipinski definition) is 4. The van der Waals surface area contributed by atoms with E-state index in [-0.39, 0.29) is 5.82 Å². The molecule has 1 unspecified atom stereocenters. The molecule has 128 valence electrons. The van der Waals surface area contributed by atoms with Crippen LogP contribution in [0, 0.1) is 0 Å². The summed E-state index contributed by atoms with van der Waals surface area (Å²) >= 11 is 6.00. The topological polar surface area (TPSA) is 69.0 Å². The summed E-state index contributed by atoms with van der Waals surface area (Å²) < 4.78 is 34.4. The average molecular weight is 357 g/mol. The van der Waals surface area contributed by atoms with Crippen LogP contribution in [0.3, 0.4) is 0 Å². The average Bonchev–Trinajstić information content (AvgIpc) is 3.19. The second-order valence-corrected chi connectivity index (χ2v) is 5.86. The highest BCUT2D eigenvalue weighted by Crippen LogP contribution is 2.28. The second kappa shape index (κ2) is 6.82. The molecule has 24 heavy (non-hydrogen) atoms. The van der Waals surface area contributed by atoms with Gasteiger partial charge in [0.05, 0.1) is 11.1 Å². The fourth-order valence-corrected chi connectivity index (χ4v) is 2.65. The fourth-order valence-electron chi connectivity index (χ4n) is 2.45. The van der Waals surface area contributed by atoms with Crippen molar-refractivity contribution in [2.75, 3.05) is 11.9 Å². The maximum Gasteiger partial charge on any atom is 0.327 e. The summed E-state index contributed by atoms with van der Waals surface area (Å²) in [6, 6.07) is 4.67. The number of carbonyl (C=O) groups is 1. The van der Waals surface area contributed by atoms with Gasteiger partial charge in [-0.25, -0.2) is 9.67 Å². The standard InChI is InChI=1S/C15H15ClF2N4O2/c16-11-4-1-6-19-13(11)22-7-5-12(21-22)20-14(23)15(17,18)9-10-3-2-8-24-10/h1,4-7,10H,2-3,8-9H2,(H,20,21,23). The van der Waals surface area contributed by atoms with E-state index in [4.69, 9.17) is 16.3 Å². The first-order chi connectivity index (χ1) is 11.5. The maximum atomic E-state index is 14.0. The van der Waals surface area contributed by atoms with Gasteiger partial charge in [0.25, 0.3) is 5.91 Å². The van der Waals surface area contributed by atoms with E-state index in [0.717, 1.165) is 6.42 Å². The quantitative estimate of drug-likeness (QED) is 0.894. The molecular weight excluding hydrogens is 342 g/mol. The number of nitrogens with zero attached hydrogens (tertiary/aromatic N) is 3. The van der Waals surface area contributed by atoms with Crippen molar-refractivity contribution < 1.29 is 18.3 Å². The molecule has 9 heteroatoms. The third-order valence-electron chi connectivity index (χ3n) is 3.63. The molecule has 2 aromatic rings. The van der Waals surface area contributed by atoms with Gasteiger partial charge in [-0.1, -0.05) is 11.6 Å². The Morgan fingerprint density at radius 3 is 3.04 bits per heavy atom. The van der Waals surface area contributed by atoms with E-state index in [2.05, 4.69) is 15.4 Å². The van der Waals surface area contributed by atoms with Gasteiger partial charge in [-0.05, 0) is 25.0 Å². The van der Waals surface area contributed by atoms with Crippen LogP contribution in [0.5, 0.6) is 0 Å². The number of pyridine rings is 1. The molecule has 1 atom stereocenters. The van der Waals surface area contributed by atoms with Crippen LogP contribution in [0.1, 0.15) is 19.3 Å². The Morgan fingerprint density at radius 2 is 2.33 bits per heavy atom. The van der Waals surface area contributed by atoms with Crippen LogP contribution in [0.2, 0.25) is 5.02 Å². The predicted molar refractivity (Wildman–Crippen MR) is 83.5 cm³/mol. The first-order valence-corrected chi connectivity index (χ1v) is 7.81. The summed E-state index contributed by atoms with van der Waals surface area (Å²) in [7, 11) is 0. The Hall–Kier alpha value is -2.06. The fraction of sp³-hybridized carbons (Fsp3) is 0.400. The third kappa shape index (κ3) is 3.70. The normalized spacial score (nSPS) is 17.9. The molecule has 1 amide bonds. The molecule has 1 aliphatic rings. The molecule has 3 rings (SSSR count). The minimum absolute atomic E-state index is 0.00580. The summed E-state index contributed by atoms with van der Waals surface area (Å²) in [4.78, 5) is 15.9. The summed E-state index contributed by atoms with van der Waals surface area (Å²) in [5.74, 6) is -4.60. The summed E-state index contributed by atoms with van der Waals surface area (Å²) in [5, 5.41) is 6.47. The number of alkyl halides is 2. The van der Waals surface area contributed by atoms with Gasteiger partial charge in [-0.15, -0.1) is 5.10 Å². The highest BCUT2D eigenvalue weighted by atomic mass is 35.5. The molecule has 3 heterocycles. The van der Waals surface area contributed by atoms with Gasteiger partial charge in [0.1, 0.15) is 0 Å². The zero-order valence-corrected chi connectivity index (χ0v) is 13.3. The molecule has 0 bridgehead atoms. The van der Waals surface area contributed by atoms with Crippen molar-refractivity contribution in [2.45, 2.75) is 31.3 Å². The van der Waals surface area contributed by atoms with Gasteiger partial charge in [0, 0.05) is 31.5 Å². The summed E-state index contributed by atoms with van der Waals surface area (Å²) in [6.45, 7) is 0.456. The van der Waals surface area contributed by atoms with E-state index in [9.17, 15) is 13.6 Å². The second-order valence-electron chi connectivity index (χ2n) is 5.45. The van der Waals surface area contributed by atoms with Crippen molar-refractivity contribution in [3.63, 3.8) is 0 Å². The molecule has 2 aromatic heterocycles. The Balaban J connectivity index is 1.67. The molecule has 1 aliphatic heterocycles. The van der Waals surface area contributed by atoms with Gasteiger partial charge < -0.3 is 10.1 Å². The van der Waals surface area contributed by atoms with Gasteiger partial charge in [0.15, 0.2) is 11.6 Å². The summed E-state index contributed by atoms with van der Waals surface area (Å²) in [5.41, 5.74) is 0. The number of rotatable bonds is 5. The number of aromatic nitrogens is 3. The van der Waals surface area contributed by atoms with Gasteiger partial charge in [-0.2, -0.15) is 8.78 Å².